The molecular weight excluding hydrogens is 1180 g/mol. The number of fused-ring (bicyclic) bond motifs is 6. The second kappa shape index (κ2) is 22.0. The van der Waals surface area contributed by atoms with Gasteiger partial charge >= 0.3 is 0 Å². The van der Waals surface area contributed by atoms with Crippen LogP contribution in [0.5, 0.6) is 0 Å². The fourth-order valence-corrected chi connectivity index (χ4v) is 16.5. The summed E-state index contributed by atoms with van der Waals surface area (Å²) in [5, 5.41) is 5.17. The van der Waals surface area contributed by atoms with E-state index in [9.17, 15) is 0 Å². The third-order valence-electron chi connectivity index (χ3n) is 19.0. The summed E-state index contributed by atoms with van der Waals surface area (Å²) < 4.78 is 5.21. The van der Waals surface area contributed by atoms with E-state index in [1.807, 2.05) is 59.1 Å². The summed E-state index contributed by atoms with van der Waals surface area (Å²) in [6, 6.07) is 109. The molecule has 8 heteroatoms. The number of hydrogen-bond acceptors (Lipinski definition) is 8. The van der Waals surface area contributed by atoms with Crippen molar-refractivity contribution in [2.75, 3.05) is 0 Å². The number of aromatic nitrogens is 6. The molecule has 0 saturated carbocycles. The van der Waals surface area contributed by atoms with Crippen LogP contribution >= 0.6 is 22.7 Å². The van der Waals surface area contributed by atoms with E-state index in [4.69, 9.17) is 29.9 Å². The Bertz CT molecular complexity index is 5480. The first-order valence-corrected chi connectivity index (χ1v) is 33.4. The third-order valence-corrected chi connectivity index (χ3v) is 21.3. The minimum absolute atomic E-state index is 0.102. The molecule has 13 aromatic carbocycles. The second-order valence-electron chi connectivity index (χ2n) is 24.5. The lowest BCUT2D eigenvalue weighted by atomic mass is 9.60. The van der Waals surface area contributed by atoms with E-state index in [0.717, 1.165) is 55.6 Å². The predicted octanol–water partition coefficient (Wildman–Crippen LogP) is 22.4. The zero-order chi connectivity index (χ0) is 61.8. The molecule has 2 bridgehead atoms. The summed E-state index contributed by atoms with van der Waals surface area (Å²) in [7, 11) is 0. The van der Waals surface area contributed by atoms with Gasteiger partial charge in [-0.3, -0.25) is 0 Å². The highest BCUT2D eigenvalue weighted by atomic mass is 32.1. The summed E-state index contributed by atoms with van der Waals surface area (Å²) in [4.78, 5) is 30.6. The molecule has 6 nitrogen and oxygen atoms in total. The van der Waals surface area contributed by atoms with Crippen LogP contribution in [0.25, 0.3) is 153 Å². The number of benzene rings is 13. The summed E-state index contributed by atoms with van der Waals surface area (Å²) >= 11 is 3.68. The molecule has 0 spiro atoms. The van der Waals surface area contributed by atoms with Crippen LogP contribution in [0, 0.1) is 0 Å². The van der Waals surface area contributed by atoms with E-state index in [0.29, 0.717) is 34.9 Å². The van der Waals surface area contributed by atoms with Gasteiger partial charge in [-0.05, 0) is 126 Å². The molecule has 0 fully saturated rings. The molecular formula is C86H52N6S2. The highest BCUT2D eigenvalue weighted by Crippen LogP contribution is 2.57. The molecule has 2 atom stereocenters. The summed E-state index contributed by atoms with van der Waals surface area (Å²) in [6.07, 6.45) is 0. The number of thiophene rings is 2. The first-order chi connectivity index (χ1) is 46.5. The maximum atomic E-state index is 5.16. The number of hydrogen-bond donors (Lipinski definition) is 0. The highest BCUT2D eigenvalue weighted by Gasteiger charge is 2.41. The molecule has 3 aliphatic carbocycles. The average molecular weight is 1230 g/mol. The molecule has 0 aliphatic heterocycles. The van der Waals surface area contributed by atoms with Crippen molar-refractivity contribution >= 4 is 63.0 Å². The summed E-state index contributed by atoms with van der Waals surface area (Å²) in [6.45, 7) is 0. The Balaban J connectivity index is 0.606. The van der Waals surface area contributed by atoms with Crippen molar-refractivity contribution in [3.63, 3.8) is 0 Å². The van der Waals surface area contributed by atoms with Gasteiger partial charge in [0.15, 0.2) is 34.9 Å². The lowest BCUT2D eigenvalue weighted by Crippen LogP contribution is -2.27. The molecule has 0 N–H and O–H groups in total. The van der Waals surface area contributed by atoms with Crippen LogP contribution in [0.4, 0.5) is 0 Å². The van der Waals surface area contributed by atoms with Gasteiger partial charge in [-0.2, -0.15) is 0 Å². The number of nitrogens with zero attached hydrogens (tertiary/aromatic N) is 6. The molecule has 3 aliphatic rings. The van der Waals surface area contributed by atoms with Crippen LogP contribution in [-0.2, 0) is 0 Å². The van der Waals surface area contributed by atoms with E-state index in [-0.39, 0.29) is 11.8 Å². The fraction of sp³-hybridized carbons (Fsp3) is 0.0233. The molecule has 438 valence electrons. The fourth-order valence-electron chi connectivity index (χ4n) is 14.3. The van der Waals surface area contributed by atoms with Gasteiger partial charge in [-0.25, -0.2) is 29.9 Å². The van der Waals surface area contributed by atoms with Gasteiger partial charge in [0.25, 0.3) is 0 Å². The zero-order valence-electron chi connectivity index (χ0n) is 50.5. The minimum atomic E-state index is 0.102. The quantitative estimate of drug-likeness (QED) is 0.136. The predicted molar refractivity (Wildman–Crippen MR) is 388 cm³/mol. The van der Waals surface area contributed by atoms with Gasteiger partial charge in [0.1, 0.15) is 0 Å². The Labute approximate surface area is 550 Å². The maximum Gasteiger partial charge on any atom is 0.164 e. The van der Waals surface area contributed by atoms with Gasteiger partial charge in [0.05, 0.1) is 0 Å². The van der Waals surface area contributed by atoms with Crippen molar-refractivity contribution in [3.8, 4) is 113 Å². The standard InChI is InChI=1S/C86H52N6S2/c1-3-13-55(14-4-1)81-87-83(91-85(89-81)59-35-27-53(28-36-59)63-41-45-77-71(47-63)65-17-9-11-21-75(65)93-77)57-31-23-51(24-32-57)61-39-43-69-73(49-61)79-67-19-7-8-20-68(67)80(69)74-50-62(40-44-70(74)79)52-25-33-58(34-26-52)84-88-82(56-15-5-2-6-16-56)90-86(92-84)60-37-29-54(30-38-60)64-42-46-78-72(48-64)66-18-10-12-22-76(66)94-78/h1-50,79-80H. The maximum absolute atomic E-state index is 5.16. The van der Waals surface area contributed by atoms with Gasteiger partial charge < -0.3 is 0 Å². The smallest absolute Gasteiger partial charge is 0.164 e. The van der Waals surface area contributed by atoms with E-state index in [1.54, 1.807) is 0 Å². The average Bonchev–Trinajstić information content (AvgIpc) is 1.03. The Kier molecular flexibility index (Phi) is 12.7. The molecule has 4 aromatic heterocycles. The van der Waals surface area contributed by atoms with Crippen molar-refractivity contribution in [1.29, 1.82) is 0 Å². The van der Waals surface area contributed by atoms with Crippen LogP contribution in [0.2, 0.25) is 0 Å². The molecule has 0 amide bonds. The van der Waals surface area contributed by atoms with Crippen molar-refractivity contribution in [2.45, 2.75) is 11.8 Å². The largest absolute Gasteiger partial charge is 0.208 e. The van der Waals surface area contributed by atoms with Crippen molar-refractivity contribution < 1.29 is 0 Å². The van der Waals surface area contributed by atoms with Crippen molar-refractivity contribution in [3.05, 3.63) is 337 Å². The van der Waals surface area contributed by atoms with Gasteiger partial charge in [0.2, 0.25) is 0 Å². The van der Waals surface area contributed by atoms with E-state index in [2.05, 4.69) is 267 Å². The highest BCUT2D eigenvalue weighted by molar-refractivity contribution is 7.26. The van der Waals surface area contributed by atoms with E-state index < -0.39 is 0 Å². The summed E-state index contributed by atoms with van der Waals surface area (Å²) in [5.74, 6) is 4.00. The second-order valence-corrected chi connectivity index (χ2v) is 26.6. The normalized spacial score (nSPS) is 13.7. The van der Waals surface area contributed by atoms with Crippen LogP contribution < -0.4 is 0 Å². The summed E-state index contributed by atoms with van der Waals surface area (Å²) in [5.41, 5.74) is 23.1. The first-order valence-electron chi connectivity index (χ1n) is 31.8. The van der Waals surface area contributed by atoms with Gasteiger partial charge in [0, 0.05) is 85.6 Å². The molecule has 20 rings (SSSR count). The van der Waals surface area contributed by atoms with Crippen molar-refractivity contribution in [2.24, 2.45) is 0 Å². The molecule has 2 unspecified atom stereocenters. The van der Waals surface area contributed by atoms with Crippen LogP contribution in [0.15, 0.2) is 303 Å². The number of rotatable bonds is 10. The minimum Gasteiger partial charge on any atom is -0.208 e. The van der Waals surface area contributed by atoms with Crippen molar-refractivity contribution in [1.82, 2.24) is 29.9 Å². The molecule has 94 heavy (non-hydrogen) atoms. The lowest BCUT2D eigenvalue weighted by molar-refractivity contribution is 0.755. The SMILES string of the molecule is c1ccc(-c2nc(-c3ccc(-c4ccc5c(c4)C4c6ccccc6C5c5cc(-c6ccc(-c7nc(-c8ccccc8)nc(-c8ccc(-c9ccc%10sc%11ccccc%11c%10c9)cc8)n7)cc6)ccc54)cc3)nc(-c3ccc(-c4ccc5sc6ccccc6c5c4)cc3)n2)cc1. The first kappa shape index (κ1) is 54.1. The Morgan fingerprint density at radius 3 is 0.766 bits per heavy atom. The lowest BCUT2D eigenvalue weighted by Gasteiger charge is -2.42. The molecule has 4 heterocycles. The molecule has 0 radical (unpaired) electrons. The third kappa shape index (κ3) is 9.28. The Morgan fingerprint density at radius 1 is 0.170 bits per heavy atom. The topological polar surface area (TPSA) is 77.3 Å². The molecule has 17 aromatic rings. The van der Waals surface area contributed by atoms with Crippen LogP contribution in [0.3, 0.4) is 0 Å². The van der Waals surface area contributed by atoms with Crippen LogP contribution in [-0.4, -0.2) is 29.9 Å². The van der Waals surface area contributed by atoms with E-state index >= 15 is 0 Å². The Morgan fingerprint density at radius 2 is 0.415 bits per heavy atom. The van der Waals surface area contributed by atoms with E-state index in [1.165, 1.54) is 96.0 Å². The zero-order valence-corrected chi connectivity index (χ0v) is 52.2. The van der Waals surface area contributed by atoms with Gasteiger partial charge in [-0.15, -0.1) is 22.7 Å². The monoisotopic (exact) mass is 1230 g/mol. The Hall–Kier alpha value is -11.7. The van der Waals surface area contributed by atoms with Gasteiger partial charge in [-0.1, -0.05) is 255 Å². The van der Waals surface area contributed by atoms with Crippen LogP contribution in [0.1, 0.15) is 45.2 Å². The molecule has 0 saturated heterocycles.